The maximum atomic E-state index is 8.99. The highest BCUT2D eigenvalue weighted by Gasteiger charge is 2.10. The molecule has 0 aliphatic carbocycles. The molecule has 5 N–H and O–H groups in total. The van der Waals surface area contributed by atoms with Crippen molar-refractivity contribution >= 4 is 0 Å². The summed E-state index contributed by atoms with van der Waals surface area (Å²) >= 11 is 0. The van der Waals surface area contributed by atoms with E-state index in [1.165, 1.54) is 0 Å². The predicted molar refractivity (Wildman–Crippen MR) is 43.3 cm³/mol. The van der Waals surface area contributed by atoms with E-state index >= 15 is 0 Å². The minimum Gasteiger partial charge on any atom is -0.394 e. The van der Waals surface area contributed by atoms with Crippen LogP contribution >= 0.6 is 0 Å². The van der Waals surface area contributed by atoms with Crippen molar-refractivity contribution < 1.29 is 20.4 Å². The molecule has 5 nitrogen and oxygen atoms in total. The molecule has 73 valence electrons. The van der Waals surface area contributed by atoms with Crippen LogP contribution in [0, 0.1) is 6.92 Å². The van der Waals surface area contributed by atoms with Gasteiger partial charge in [0.15, 0.2) is 0 Å². The van der Waals surface area contributed by atoms with E-state index < -0.39 is 18.3 Å². The first-order chi connectivity index (χ1) is 5.57. The van der Waals surface area contributed by atoms with E-state index in [0.29, 0.717) is 0 Å². The van der Waals surface area contributed by atoms with Crippen LogP contribution in [0.2, 0.25) is 0 Å². The van der Waals surface area contributed by atoms with Gasteiger partial charge in [-0.1, -0.05) is 0 Å². The van der Waals surface area contributed by atoms with Gasteiger partial charge in [-0.15, -0.1) is 0 Å². The Labute approximate surface area is 71.7 Å². The molecule has 0 aromatic carbocycles. The zero-order chi connectivity index (χ0) is 9.56. The zero-order valence-electron chi connectivity index (χ0n) is 6.85. The summed E-state index contributed by atoms with van der Waals surface area (Å²) in [6, 6.07) is 0. The van der Waals surface area contributed by atoms with Gasteiger partial charge in [0, 0.05) is 13.1 Å². The Morgan fingerprint density at radius 3 is 2.17 bits per heavy atom. The summed E-state index contributed by atoms with van der Waals surface area (Å²) < 4.78 is 0. The number of hydrogen-bond donors (Lipinski definition) is 5. The highest BCUT2D eigenvalue weighted by atomic mass is 16.3. The standard InChI is InChI=1S/C7H16NO4/c1-5(10)7(12)3-8-2-6(11)4-9/h5-12H,1-4H2. The van der Waals surface area contributed by atoms with Crippen molar-refractivity contribution in [3.63, 3.8) is 0 Å². The van der Waals surface area contributed by atoms with Gasteiger partial charge in [0.2, 0.25) is 0 Å². The minimum absolute atomic E-state index is 0.141. The molecule has 0 saturated heterocycles. The molecule has 0 amide bonds. The van der Waals surface area contributed by atoms with Crippen molar-refractivity contribution in [2.75, 3.05) is 19.7 Å². The van der Waals surface area contributed by atoms with Gasteiger partial charge in [0.05, 0.1) is 24.9 Å². The Bertz CT molecular complexity index is 110. The molecule has 3 unspecified atom stereocenters. The van der Waals surface area contributed by atoms with Crippen molar-refractivity contribution in [3.05, 3.63) is 6.92 Å². The molecule has 0 aromatic rings. The Morgan fingerprint density at radius 2 is 1.75 bits per heavy atom. The lowest BCUT2D eigenvalue weighted by Crippen LogP contribution is -2.38. The summed E-state index contributed by atoms with van der Waals surface area (Å²) in [6.07, 6.45) is -2.82. The summed E-state index contributed by atoms with van der Waals surface area (Å²) in [5, 5.41) is 37.6. The molecule has 1 radical (unpaired) electrons. The largest absolute Gasteiger partial charge is 0.394 e. The van der Waals surface area contributed by atoms with Crippen LogP contribution in [0.4, 0.5) is 0 Å². The van der Waals surface area contributed by atoms with Gasteiger partial charge in [0.1, 0.15) is 0 Å². The van der Waals surface area contributed by atoms with Gasteiger partial charge in [-0.3, -0.25) is 0 Å². The first-order valence-corrected chi connectivity index (χ1v) is 3.76. The number of rotatable bonds is 6. The Hall–Kier alpha value is -0.200. The summed E-state index contributed by atoms with van der Waals surface area (Å²) in [4.78, 5) is 0. The number of aliphatic hydroxyl groups is 4. The quantitative estimate of drug-likeness (QED) is 0.310. The van der Waals surface area contributed by atoms with Crippen LogP contribution < -0.4 is 5.32 Å². The van der Waals surface area contributed by atoms with Crippen molar-refractivity contribution in [1.82, 2.24) is 5.32 Å². The first kappa shape index (κ1) is 11.8. The Balaban J connectivity index is 3.30. The average Bonchev–Trinajstić information content (AvgIpc) is 2.03. The third kappa shape index (κ3) is 5.45. The smallest absolute Gasteiger partial charge is 0.0923 e. The molecule has 0 heterocycles. The predicted octanol–water partition coefficient (Wildman–Crippen LogP) is -2.51. The van der Waals surface area contributed by atoms with Crippen molar-refractivity contribution in [3.8, 4) is 0 Å². The lowest BCUT2D eigenvalue weighted by Gasteiger charge is -2.15. The number of hydrogen-bond acceptors (Lipinski definition) is 5. The summed E-state index contributed by atoms with van der Waals surface area (Å²) in [6.45, 7) is 3.21. The van der Waals surface area contributed by atoms with Crippen molar-refractivity contribution in [1.29, 1.82) is 0 Å². The lowest BCUT2D eigenvalue weighted by molar-refractivity contribution is 0.0415. The molecule has 0 rings (SSSR count). The third-order valence-electron chi connectivity index (χ3n) is 1.39. The molecule has 0 aliphatic heterocycles. The van der Waals surface area contributed by atoms with E-state index in [-0.39, 0.29) is 19.7 Å². The highest BCUT2D eigenvalue weighted by molar-refractivity contribution is 4.71. The fraction of sp³-hybridized carbons (Fsp3) is 0.857. The molecule has 0 aliphatic rings. The van der Waals surface area contributed by atoms with Crippen LogP contribution in [0.25, 0.3) is 0 Å². The third-order valence-corrected chi connectivity index (χ3v) is 1.39. The summed E-state index contributed by atoms with van der Waals surface area (Å²) in [7, 11) is 0. The van der Waals surface area contributed by atoms with Gasteiger partial charge in [-0.05, 0) is 6.92 Å². The summed E-state index contributed by atoms with van der Waals surface area (Å²) in [5.74, 6) is 0. The van der Waals surface area contributed by atoms with E-state index in [9.17, 15) is 0 Å². The topological polar surface area (TPSA) is 93.0 Å². The number of aliphatic hydroxyl groups excluding tert-OH is 4. The fourth-order valence-corrected chi connectivity index (χ4v) is 0.598. The summed E-state index contributed by atoms with van der Waals surface area (Å²) in [5.41, 5.74) is 0. The molecule has 0 aromatic heterocycles. The molecular formula is C7H16NO4. The SMILES string of the molecule is [CH2]C(O)C(O)CNCC(O)CO. The minimum atomic E-state index is -1.04. The van der Waals surface area contributed by atoms with Crippen molar-refractivity contribution in [2.24, 2.45) is 0 Å². The Kier molecular flexibility index (Phi) is 6.23. The average molecular weight is 178 g/mol. The number of nitrogens with one attached hydrogen (secondary N) is 1. The van der Waals surface area contributed by atoms with Crippen LogP contribution in [-0.4, -0.2) is 58.4 Å². The molecule has 0 fully saturated rings. The van der Waals surface area contributed by atoms with Gasteiger partial charge in [-0.2, -0.15) is 0 Å². The van der Waals surface area contributed by atoms with E-state index in [4.69, 9.17) is 20.4 Å². The van der Waals surface area contributed by atoms with E-state index in [2.05, 4.69) is 12.2 Å². The van der Waals surface area contributed by atoms with Crippen LogP contribution in [0.3, 0.4) is 0 Å². The second-order valence-corrected chi connectivity index (χ2v) is 2.63. The van der Waals surface area contributed by atoms with Gasteiger partial charge < -0.3 is 25.7 Å². The van der Waals surface area contributed by atoms with E-state index in [0.717, 1.165) is 0 Å². The molecule has 0 spiro atoms. The molecule has 0 saturated carbocycles. The molecule has 5 heteroatoms. The second kappa shape index (κ2) is 6.33. The van der Waals surface area contributed by atoms with E-state index in [1.807, 2.05) is 0 Å². The monoisotopic (exact) mass is 178 g/mol. The lowest BCUT2D eigenvalue weighted by atomic mass is 10.2. The van der Waals surface area contributed by atoms with Gasteiger partial charge in [-0.25, -0.2) is 0 Å². The molecular weight excluding hydrogens is 162 g/mol. The van der Waals surface area contributed by atoms with Crippen molar-refractivity contribution in [2.45, 2.75) is 18.3 Å². The van der Waals surface area contributed by atoms with Crippen LogP contribution in [0.1, 0.15) is 0 Å². The Morgan fingerprint density at radius 1 is 1.17 bits per heavy atom. The van der Waals surface area contributed by atoms with Gasteiger partial charge in [0.25, 0.3) is 0 Å². The van der Waals surface area contributed by atoms with Gasteiger partial charge >= 0.3 is 0 Å². The maximum absolute atomic E-state index is 8.99. The van der Waals surface area contributed by atoms with Crippen LogP contribution in [-0.2, 0) is 0 Å². The van der Waals surface area contributed by atoms with Crippen LogP contribution in [0.5, 0.6) is 0 Å². The van der Waals surface area contributed by atoms with Crippen LogP contribution in [0.15, 0.2) is 0 Å². The maximum Gasteiger partial charge on any atom is 0.0923 e. The second-order valence-electron chi connectivity index (χ2n) is 2.63. The fourth-order valence-electron chi connectivity index (χ4n) is 0.598. The molecule has 12 heavy (non-hydrogen) atoms. The zero-order valence-corrected chi connectivity index (χ0v) is 6.85. The van der Waals surface area contributed by atoms with E-state index in [1.54, 1.807) is 0 Å². The molecule has 0 bridgehead atoms. The molecule has 3 atom stereocenters. The normalized spacial score (nSPS) is 18.8. The highest BCUT2D eigenvalue weighted by Crippen LogP contribution is 1.88. The first-order valence-electron chi connectivity index (χ1n) is 3.76.